The first-order valence-corrected chi connectivity index (χ1v) is 8.13. The van der Waals surface area contributed by atoms with Crippen molar-refractivity contribution in [3.63, 3.8) is 0 Å². The zero-order valence-corrected chi connectivity index (χ0v) is 14.7. The maximum Gasteiger partial charge on any atom is 0.272 e. The number of ether oxygens (including phenoxy) is 1. The van der Waals surface area contributed by atoms with Crippen LogP contribution in [0.4, 0.5) is 5.82 Å². The van der Waals surface area contributed by atoms with Crippen LogP contribution in [0.15, 0.2) is 29.3 Å². The molecule has 1 aliphatic rings. The number of morpholine rings is 1. The summed E-state index contributed by atoms with van der Waals surface area (Å²) in [5, 5.41) is -0.00393. The highest BCUT2D eigenvalue weighted by Gasteiger charge is 2.30. The number of nitrogens with zero attached hydrogens (tertiary/aromatic N) is 4. The number of aromatic amines is 1. The van der Waals surface area contributed by atoms with Gasteiger partial charge in [0, 0.05) is 38.6 Å². The van der Waals surface area contributed by atoms with Gasteiger partial charge in [-0.1, -0.05) is 11.6 Å². The van der Waals surface area contributed by atoms with E-state index >= 15 is 0 Å². The van der Waals surface area contributed by atoms with Crippen LogP contribution in [-0.4, -0.2) is 65.7 Å². The second kappa shape index (κ2) is 7.20. The Morgan fingerprint density at radius 2 is 2.12 bits per heavy atom. The molecule has 1 unspecified atom stereocenters. The lowest BCUT2D eigenvalue weighted by molar-refractivity contribution is -0.141. The summed E-state index contributed by atoms with van der Waals surface area (Å²) in [6.45, 7) is 1.12. The number of hydrogen-bond donors (Lipinski definition) is 1. The van der Waals surface area contributed by atoms with Crippen molar-refractivity contribution >= 4 is 23.3 Å². The Kier molecular flexibility index (Phi) is 5.00. The molecular weight excluding hydrogens is 346 g/mol. The van der Waals surface area contributed by atoms with E-state index in [4.69, 9.17) is 16.3 Å². The number of anilines is 1. The highest BCUT2D eigenvalue weighted by molar-refractivity contribution is 6.32. The average Bonchev–Trinajstić information content (AvgIpc) is 2.64. The smallest absolute Gasteiger partial charge is 0.272 e. The second-order valence-electron chi connectivity index (χ2n) is 5.83. The van der Waals surface area contributed by atoms with Crippen molar-refractivity contribution < 1.29 is 9.53 Å². The Bertz CT molecular complexity index is 824. The molecule has 1 atom stereocenters. The average molecular weight is 364 g/mol. The van der Waals surface area contributed by atoms with Crippen LogP contribution >= 0.6 is 11.6 Å². The minimum atomic E-state index is -0.620. The number of hydrogen-bond acceptors (Lipinski definition) is 6. The molecule has 2 aromatic heterocycles. The summed E-state index contributed by atoms with van der Waals surface area (Å²) in [6, 6.07) is 3.49. The van der Waals surface area contributed by atoms with Gasteiger partial charge in [-0.2, -0.15) is 0 Å². The fourth-order valence-corrected chi connectivity index (χ4v) is 2.79. The molecule has 1 aliphatic heterocycles. The number of carbonyl (C=O) groups is 1. The zero-order chi connectivity index (χ0) is 18.0. The van der Waals surface area contributed by atoms with Gasteiger partial charge < -0.3 is 19.5 Å². The van der Waals surface area contributed by atoms with Crippen LogP contribution in [0, 0.1) is 0 Å². The standard InChI is InChI=1S/C16H18ClN5O3/c1-21(2)16(24)11-9-22(7-8-25-11)14-12(17)15(23)20-13(19-14)10-3-5-18-6-4-10/h3-6,11H,7-9H2,1-2H3,(H,19,20,23). The van der Waals surface area contributed by atoms with Crippen LogP contribution in [-0.2, 0) is 9.53 Å². The van der Waals surface area contributed by atoms with Gasteiger partial charge >= 0.3 is 0 Å². The van der Waals surface area contributed by atoms with Crippen LogP contribution < -0.4 is 10.5 Å². The van der Waals surface area contributed by atoms with Gasteiger partial charge in [0.2, 0.25) is 0 Å². The Hall–Kier alpha value is -2.45. The lowest BCUT2D eigenvalue weighted by Crippen LogP contribution is -2.50. The molecule has 9 heteroatoms. The third kappa shape index (κ3) is 3.64. The number of halogens is 1. The molecule has 2 aromatic rings. The number of pyridine rings is 1. The first kappa shape index (κ1) is 17.4. The van der Waals surface area contributed by atoms with Crippen LogP contribution in [0.25, 0.3) is 11.4 Å². The third-order valence-corrected chi connectivity index (χ3v) is 4.22. The van der Waals surface area contributed by atoms with Gasteiger partial charge in [-0.05, 0) is 12.1 Å². The first-order valence-electron chi connectivity index (χ1n) is 7.75. The van der Waals surface area contributed by atoms with E-state index in [1.165, 1.54) is 4.90 Å². The molecule has 132 valence electrons. The SMILES string of the molecule is CN(C)C(=O)C1CN(c2nc(-c3ccncc3)[nH]c(=O)c2Cl)CCO1. The molecule has 1 fully saturated rings. The molecule has 25 heavy (non-hydrogen) atoms. The topological polar surface area (TPSA) is 91.4 Å². The van der Waals surface area contributed by atoms with E-state index in [9.17, 15) is 9.59 Å². The van der Waals surface area contributed by atoms with Crippen molar-refractivity contribution in [2.45, 2.75) is 6.10 Å². The van der Waals surface area contributed by atoms with E-state index in [0.29, 0.717) is 24.8 Å². The molecule has 1 N–H and O–H groups in total. The Labute approximate surface area is 149 Å². The lowest BCUT2D eigenvalue weighted by atomic mass is 10.2. The molecule has 0 bridgehead atoms. The molecule has 0 aromatic carbocycles. The van der Waals surface area contributed by atoms with Crippen LogP contribution in [0.2, 0.25) is 5.02 Å². The number of rotatable bonds is 3. The fraction of sp³-hybridized carbons (Fsp3) is 0.375. The van der Waals surface area contributed by atoms with Gasteiger partial charge in [-0.15, -0.1) is 0 Å². The van der Waals surface area contributed by atoms with E-state index in [0.717, 1.165) is 5.56 Å². The van der Waals surface area contributed by atoms with Crippen LogP contribution in [0.1, 0.15) is 0 Å². The summed E-state index contributed by atoms with van der Waals surface area (Å²) in [6.07, 6.45) is 2.61. The molecule has 0 radical (unpaired) electrons. The zero-order valence-electron chi connectivity index (χ0n) is 13.9. The summed E-state index contributed by atoms with van der Waals surface area (Å²) < 4.78 is 5.54. The Morgan fingerprint density at radius 1 is 1.40 bits per heavy atom. The second-order valence-corrected chi connectivity index (χ2v) is 6.20. The Balaban J connectivity index is 1.95. The molecule has 3 rings (SSSR count). The normalized spacial score (nSPS) is 17.4. The summed E-state index contributed by atoms with van der Waals surface area (Å²) >= 11 is 6.18. The minimum absolute atomic E-state index is 0.00393. The van der Waals surface area contributed by atoms with Gasteiger partial charge in [-0.3, -0.25) is 14.6 Å². The number of amides is 1. The maximum atomic E-state index is 12.2. The minimum Gasteiger partial charge on any atom is -0.365 e. The van der Waals surface area contributed by atoms with E-state index in [2.05, 4.69) is 15.0 Å². The molecule has 3 heterocycles. The van der Waals surface area contributed by atoms with E-state index < -0.39 is 11.7 Å². The molecule has 0 aliphatic carbocycles. The highest BCUT2D eigenvalue weighted by Crippen LogP contribution is 2.25. The van der Waals surface area contributed by atoms with E-state index in [1.54, 1.807) is 43.5 Å². The van der Waals surface area contributed by atoms with Gasteiger partial charge in [-0.25, -0.2) is 4.98 Å². The summed E-state index contributed by atoms with van der Waals surface area (Å²) in [5.74, 6) is 0.603. The van der Waals surface area contributed by atoms with Crippen LogP contribution in [0.3, 0.4) is 0 Å². The van der Waals surface area contributed by atoms with E-state index in [-0.39, 0.29) is 17.5 Å². The van der Waals surface area contributed by atoms with Crippen molar-refractivity contribution in [3.05, 3.63) is 39.9 Å². The molecule has 8 nitrogen and oxygen atoms in total. The number of carbonyl (C=O) groups excluding carboxylic acids is 1. The maximum absolute atomic E-state index is 12.2. The molecule has 0 saturated carbocycles. The number of nitrogens with one attached hydrogen (secondary N) is 1. The lowest BCUT2D eigenvalue weighted by Gasteiger charge is -2.34. The van der Waals surface area contributed by atoms with Gasteiger partial charge in [0.15, 0.2) is 11.9 Å². The van der Waals surface area contributed by atoms with Crippen molar-refractivity contribution in [2.24, 2.45) is 0 Å². The summed E-state index contributed by atoms with van der Waals surface area (Å²) in [7, 11) is 3.34. The Morgan fingerprint density at radius 3 is 2.80 bits per heavy atom. The van der Waals surface area contributed by atoms with Crippen molar-refractivity contribution in [2.75, 3.05) is 38.7 Å². The molecular formula is C16H18ClN5O3. The van der Waals surface area contributed by atoms with Crippen molar-refractivity contribution in [1.29, 1.82) is 0 Å². The van der Waals surface area contributed by atoms with E-state index in [1.807, 2.05) is 0 Å². The fourth-order valence-electron chi connectivity index (χ4n) is 2.58. The summed E-state index contributed by atoms with van der Waals surface area (Å²) in [4.78, 5) is 38.8. The quantitative estimate of drug-likeness (QED) is 0.866. The van der Waals surface area contributed by atoms with Crippen LogP contribution in [0.5, 0.6) is 0 Å². The molecule has 1 saturated heterocycles. The molecule has 1 amide bonds. The van der Waals surface area contributed by atoms with Crippen molar-refractivity contribution in [3.8, 4) is 11.4 Å². The predicted molar refractivity (Wildman–Crippen MR) is 93.7 cm³/mol. The number of aromatic nitrogens is 3. The van der Waals surface area contributed by atoms with Gasteiger partial charge in [0.1, 0.15) is 10.8 Å². The largest absolute Gasteiger partial charge is 0.365 e. The first-order chi connectivity index (χ1) is 12.0. The molecule has 0 spiro atoms. The number of H-pyrrole nitrogens is 1. The van der Waals surface area contributed by atoms with Gasteiger partial charge in [0.05, 0.1) is 13.2 Å². The third-order valence-electron chi connectivity index (χ3n) is 3.88. The highest BCUT2D eigenvalue weighted by atomic mass is 35.5. The predicted octanol–water partition coefficient (Wildman–Crippen LogP) is 0.779. The monoisotopic (exact) mass is 363 g/mol. The van der Waals surface area contributed by atoms with Gasteiger partial charge in [0.25, 0.3) is 11.5 Å². The number of likely N-dealkylation sites (N-methyl/N-ethyl adjacent to an activating group) is 1. The summed E-state index contributed by atoms with van der Waals surface area (Å²) in [5.41, 5.74) is 0.291. The van der Waals surface area contributed by atoms with Crippen molar-refractivity contribution in [1.82, 2.24) is 19.9 Å².